The first kappa shape index (κ1) is 21.8. The van der Waals surface area contributed by atoms with E-state index in [2.05, 4.69) is 0 Å². The van der Waals surface area contributed by atoms with Crippen molar-refractivity contribution in [3.63, 3.8) is 0 Å². The number of hydrogen-bond acceptors (Lipinski definition) is 4. The van der Waals surface area contributed by atoms with Crippen molar-refractivity contribution < 1.29 is 19.5 Å². The van der Waals surface area contributed by atoms with Crippen molar-refractivity contribution >= 4 is 17.6 Å². The molecule has 0 radical (unpaired) electrons. The summed E-state index contributed by atoms with van der Waals surface area (Å²) in [5.74, 6) is -4.76. The third-order valence-electron chi connectivity index (χ3n) is 4.77. The van der Waals surface area contributed by atoms with Gasteiger partial charge < -0.3 is 16.6 Å². The normalized spacial score (nSPS) is 14.8. The van der Waals surface area contributed by atoms with Gasteiger partial charge in [0.15, 0.2) is 11.7 Å². The van der Waals surface area contributed by atoms with Gasteiger partial charge >= 0.3 is 0 Å². The maximum absolute atomic E-state index is 12.6. The average Bonchev–Trinajstić information content (AvgIpc) is 2.44. The maximum Gasteiger partial charge on any atom is 0.237 e. The highest BCUT2D eigenvalue weighted by atomic mass is 16.3. The second-order valence-corrected chi connectivity index (χ2v) is 8.82. The zero-order valence-electron chi connectivity index (χ0n) is 16.4. The number of ketones is 1. The quantitative estimate of drug-likeness (QED) is 0.667. The predicted octanol–water partition coefficient (Wildman–Crippen LogP) is 1.76. The monoisotopic (exact) mass is 362 g/mol. The highest BCUT2D eigenvalue weighted by molar-refractivity contribution is 6.17. The van der Waals surface area contributed by atoms with Crippen LogP contribution in [0.2, 0.25) is 0 Å². The third-order valence-corrected chi connectivity index (χ3v) is 4.77. The van der Waals surface area contributed by atoms with Crippen molar-refractivity contribution in [3.05, 3.63) is 35.4 Å². The van der Waals surface area contributed by atoms with Crippen molar-refractivity contribution in [2.75, 3.05) is 0 Å². The zero-order valence-corrected chi connectivity index (χ0v) is 16.4. The Labute approximate surface area is 154 Å². The summed E-state index contributed by atoms with van der Waals surface area (Å²) in [6, 6.07) is 7.35. The van der Waals surface area contributed by atoms with E-state index in [1.807, 2.05) is 39.0 Å². The number of aliphatic hydroxyl groups is 1. The molecule has 0 bridgehead atoms. The molecular weight excluding hydrogens is 332 g/mol. The summed E-state index contributed by atoms with van der Waals surface area (Å²) in [6.07, 6.45) is -0.444. The van der Waals surface area contributed by atoms with Gasteiger partial charge in [-0.15, -0.1) is 0 Å². The number of benzene rings is 1. The van der Waals surface area contributed by atoms with Gasteiger partial charge in [-0.3, -0.25) is 14.4 Å². The van der Waals surface area contributed by atoms with E-state index in [1.165, 1.54) is 0 Å². The molecule has 0 aromatic heterocycles. The molecule has 6 nitrogen and oxygen atoms in total. The molecule has 5 N–H and O–H groups in total. The molecule has 26 heavy (non-hydrogen) atoms. The second-order valence-electron chi connectivity index (χ2n) is 8.82. The Hall–Kier alpha value is -2.21. The Bertz CT molecular complexity index is 699. The summed E-state index contributed by atoms with van der Waals surface area (Å²) in [5.41, 5.74) is 9.32. The summed E-state index contributed by atoms with van der Waals surface area (Å²) in [4.78, 5) is 35.5. The molecule has 0 spiro atoms. The third kappa shape index (κ3) is 4.49. The minimum Gasteiger partial charge on any atom is -0.384 e. The number of primary amides is 2. The topological polar surface area (TPSA) is 123 Å². The molecule has 0 heterocycles. The van der Waals surface area contributed by atoms with E-state index in [-0.39, 0.29) is 5.41 Å². The lowest BCUT2D eigenvalue weighted by atomic mass is 9.68. The molecule has 1 rings (SSSR count). The summed E-state index contributed by atoms with van der Waals surface area (Å²) in [7, 11) is 0. The van der Waals surface area contributed by atoms with E-state index in [9.17, 15) is 19.5 Å². The number of Topliss-reactive ketones (excluding diaryl/α,β-unsaturated/α-hetero) is 1. The summed E-state index contributed by atoms with van der Waals surface area (Å²) in [5, 5.41) is 11.5. The van der Waals surface area contributed by atoms with E-state index >= 15 is 0 Å². The van der Waals surface area contributed by atoms with Gasteiger partial charge in [0.2, 0.25) is 11.8 Å². The predicted molar refractivity (Wildman–Crippen MR) is 100.0 cm³/mol. The molecule has 0 fully saturated rings. The number of amides is 2. The first-order chi connectivity index (χ1) is 11.6. The minimum absolute atomic E-state index is 0.151. The van der Waals surface area contributed by atoms with Crippen molar-refractivity contribution in [2.24, 2.45) is 22.8 Å². The van der Waals surface area contributed by atoms with Crippen LogP contribution in [0.15, 0.2) is 24.3 Å². The van der Waals surface area contributed by atoms with Crippen LogP contribution in [0.5, 0.6) is 0 Å². The lowest BCUT2D eigenvalue weighted by Gasteiger charge is -2.41. The van der Waals surface area contributed by atoms with Gasteiger partial charge in [-0.2, -0.15) is 0 Å². The van der Waals surface area contributed by atoms with E-state index in [0.717, 1.165) is 5.56 Å². The van der Waals surface area contributed by atoms with Crippen LogP contribution in [-0.2, 0) is 25.4 Å². The summed E-state index contributed by atoms with van der Waals surface area (Å²) < 4.78 is 0. The van der Waals surface area contributed by atoms with E-state index in [1.54, 1.807) is 26.8 Å². The van der Waals surface area contributed by atoms with Gasteiger partial charge in [-0.1, -0.05) is 65.8 Å². The summed E-state index contributed by atoms with van der Waals surface area (Å²) >= 11 is 0. The van der Waals surface area contributed by atoms with Gasteiger partial charge in [-0.25, -0.2) is 0 Å². The molecule has 1 atom stereocenters. The van der Waals surface area contributed by atoms with Gasteiger partial charge in [-0.05, 0) is 22.0 Å². The highest BCUT2D eigenvalue weighted by Crippen LogP contribution is 2.43. The Morgan fingerprint density at radius 3 is 1.81 bits per heavy atom. The molecule has 1 unspecified atom stereocenters. The Morgan fingerprint density at radius 1 is 0.962 bits per heavy atom. The van der Waals surface area contributed by atoms with E-state index in [4.69, 9.17) is 11.5 Å². The lowest BCUT2D eigenvalue weighted by molar-refractivity contribution is -0.145. The van der Waals surface area contributed by atoms with Gasteiger partial charge in [0.25, 0.3) is 0 Å². The molecule has 1 aromatic carbocycles. The van der Waals surface area contributed by atoms with Crippen molar-refractivity contribution in [3.8, 4) is 0 Å². The van der Waals surface area contributed by atoms with Crippen molar-refractivity contribution in [1.29, 1.82) is 0 Å². The number of carbonyl (C=O) groups excluding carboxylic acids is 3. The molecule has 1 aromatic rings. The molecule has 0 aliphatic heterocycles. The smallest absolute Gasteiger partial charge is 0.237 e. The lowest BCUT2D eigenvalue weighted by Crippen LogP contribution is -2.47. The molecule has 0 saturated heterocycles. The van der Waals surface area contributed by atoms with Crippen LogP contribution in [-0.4, -0.2) is 22.7 Å². The highest BCUT2D eigenvalue weighted by Gasteiger charge is 2.46. The van der Waals surface area contributed by atoms with Crippen molar-refractivity contribution in [2.45, 2.75) is 59.0 Å². The number of nitrogens with two attached hydrogens (primary N) is 2. The number of hydrogen-bond donors (Lipinski definition) is 3. The fraction of sp³-hybridized carbons (Fsp3) is 0.550. The molecule has 0 saturated carbocycles. The van der Waals surface area contributed by atoms with Crippen LogP contribution in [0.3, 0.4) is 0 Å². The Kier molecular flexibility index (Phi) is 6.04. The summed E-state index contributed by atoms with van der Waals surface area (Å²) in [6.45, 7) is 11.5. The minimum atomic E-state index is -1.75. The standard InChI is InChI=1S/C20H30N2O4/c1-18(2,3)12-8-7-9-13(10-12)20(26,19(4,5)6)11-14(23)15(16(21)24)17(22)25/h7-10,15,26H,11H2,1-6H3,(H2,21,24)(H2,22,25). The molecule has 2 amide bonds. The largest absolute Gasteiger partial charge is 0.384 e. The fourth-order valence-corrected chi connectivity index (χ4v) is 2.85. The Balaban J connectivity index is 3.44. The van der Waals surface area contributed by atoms with Crippen molar-refractivity contribution in [1.82, 2.24) is 0 Å². The second kappa shape index (κ2) is 7.19. The van der Waals surface area contributed by atoms with Gasteiger partial charge in [0, 0.05) is 6.42 Å². The SMILES string of the molecule is CC(C)(C)c1cccc(C(O)(CC(=O)C(C(N)=O)C(N)=O)C(C)(C)C)c1. The number of carbonyl (C=O) groups is 3. The van der Waals surface area contributed by atoms with Crippen LogP contribution in [0, 0.1) is 11.3 Å². The zero-order chi connectivity index (χ0) is 20.5. The fourth-order valence-electron chi connectivity index (χ4n) is 2.85. The van der Waals surface area contributed by atoms with Crippen LogP contribution in [0.25, 0.3) is 0 Å². The van der Waals surface area contributed by atoms with Crippen LogP contribution in [0.4, 0.5) is 0 Å². The van der Waals surface area contributed by atoms with Gasteiger partial charge in [0.1, 0.15) is 5.60 Å². The first-order valence-electron chi connectivity index (χ1n) is 8.56. The molecule has 0 aliphatic rings. The maximum atomic E-state index is 12.6. The van der Waals surface area contributed by atoms with E-state index in [0.29, 0.717) is 5.56 Å². The number of rotatable bonds is 6. The molecule has 0 aliphatic carbocycles. The van der Waals surface area contributed by atoms with Crippen LogP contribution < -0.4 is 11.5 Å². The van der Waals surface area contributed by atoms with Crippen LogP contribution >= 0.6 is 0 Å². The van der Waals surface area contributed by atoms with Gasteiger partial charge in [0.05, 0.1) is 0 Å². The first-order valence-corrected chi connectivity index (χ1v) is 8.56. The van der Waals surface area contributed by atoms with E-state index < -0.39 is 41.0 Å². The molecule has 6 heteroatoms. The average molecular weight is 362 g/mol. The molecular formula is C20H30N2O4. The Morgan fingerprint density at radius 2 is 1.42 bits per heavy atom. The molecule has 144 valence electrons. The van der Waals surface area contributed by atoms with Crippen LogP contribution in [0.1, 0.15) is 59.1 Å².